The number of hydrogen-bond acceptors (Lipinski definition) is 4. The predicted octanol–water partition coefficient (Wildman–Crippen LogP) is 2.86. The van der Waals surface area contributed by atoms with E-state index in [9.17, 15) is 4.79 Å². The van der Waals surface area contributed by atoms with Gasteiger partial charge in [0.05, 0.1) is 12.7 Å². The summed E-state index contributed by atoms with van der Waals surface area (Å²) >= 11 is 0. The van der Waals surface area contributed by atoms with Crippen LogP contribution in [0.5, 0.6) is 11.5 Å². The third-order valence-electron chi connectivity index (χ3n) is 3.09. The largest absolute Gasteiger partial charge is 0.496 e. The second-order valence-corrected chi connectivity index (χ2v) is 4.66. The fraction of sp³-hybridized carbons (Fsp3) is 0.188. The van der Waals surface area contributed by atoms with Crippen LogP contribution in [-0.2, 0) is 6.61 Å². The van der Waals surface area contributed by atoms with Crippen molar-refractivity contribution in [3.8, 4) is 11.5 Å². The van der Waals surface area contributed by atoms with Crippen LogP contribution in [0.15, 0.2) is 36.4 Å². The first kappa shape index (κ1) is 14.7. The van der Waals surface area contributed by atoms with Crippen molar-refractivity contribution in [2.24, 2.45) is 0 Å². The number of carboxylic acids is 1. The van der Waals surface area contributed by atoms with Crippen molar-refractivity contribution < 1.29 is 19.4 Å². The number of carboxylic acid groups (broad SMARTS) is 1. The smallest absolute Gasteiger partial charge is 0.337 e. The van der Waals surface area contributed by atoms with Gasteiger partial charge in [0.15, 0.2) is 0 Å². The van der Waals surface area contributed by atoms with Gasteiger partial charge in [-0.2, -0.15) is 0 Å². The van der Waals surface area contributed by atoms with Gasteiger partial charge in [-0.3, -0.25) is 0 Å². The number of methoxy groups -OCH3 is 1. The van der Waals surface area contributed by atoms with Crippen LogP contribution >= 0.6 is 0 Å². The molecule has 2 aromatic carbocycles. The Morgan fingerprint density at radius 3 is 2.67 bits per heavy atom. The van der Waals surface area contributed by atoms with Gasteiger partial charge in [0.2, 0.25) is 0 Å². The third-order valence-corrected chi connectivity index (χ3v) is 3.09. The number of benzene rings is 2. The Morgan fingerprint density at radius 2 is 2.00 bits per heavy atom. The first-order chi connectivity index (χ1) is 10.0. The average Bonchev–Trinajstić information content (AvgIpc) is 2.46. The molecule has 2 rings (SSSR count). The summed E-state index contributed by atoms with van der Waals surface area (Å²) in [6, 6.07) is 10.4. The molecule has 0 aromatic heterocycles. The summed E-state index contributed by atoms with van der Waals surface area (Å²) in [7, 11) is 1.60. The first-order valence-corrected chi connectivity index (χ1v) is 6.40. The molecule has 0 bridgehead atoms. The van der Waals surface area contributed by atoms with Crippen molar-refractivity contribution in [3.63, 3.8) is 0 Å². The SMILES string of the molecule is COc1ccc(C)cc1COc1ccc(N)c(C(=O)O)c1. The maximum atomic E-state index is 11.0. The summed E-state index contributed by atoms with van der Waals surface area (Å²) in [6.07, 6.45) is 0. The average molecular weight is 287 g/mol. The number of nitrogen functional groups attached to an aromatic ring is 1. The van der Waals surface area contributed by atoms with E-state index < -0.39 is 5.97 Å². The minimum absolute atomic E-state index is 0.0312. The molecule has 110 valence electrons. The molecular formula is C16H17NO4. The topological polar surface area (TPSA) is 81.8 Å². The van der Waals surface area contributed by atoms with Crippen LogP contribution in [0.2, 0.25) is 0 Å². The molecular weight excluding hydrogens is 270 g/mol. The quantitative estimate of drug-likeness (QED) is 0.826. The van der Waals surface area contributed by atoms with Gasteiger partial charge in [0.25, 0.3) is 0 Å². The van der Waals surface area contributed by atoms with E-state index in [1.54, 1.807) is 13.2 Å². The molecule has 0 unspecified atom stereocenters. The molecule has 3 N–H and O–H groups in total. The van der Waals surface area contributed by atoms with Gasteiger partial charge in [-0.25, -0.2) is 4.79 Å². The maximum absolute atomic E-state index is 11.0. The van der Waals surface area contributed by atoms with Gasteiger partial charge in [0, 0.05) is 11.3 Å². The molecule has 0 fully saturated rings. The molecule has 21 heavy (non-hydrogen) atoms. The standard InChI is InChI=1S/C16H17NO4/c1-10-3-6-15(20-2)11(7-10)9-21-12-4-5-14(17)13(8-12)16(18)19/h3-8H,9,17H2,1-2H3,(H,18,19). The molecule has 0 heterocycles. The molecule has 0 aliphatic carbocycles. The molecule has 0 aliphatic rings. The van der Waals surface area contributed by atoms with Crippen LogP contribution in [-0.4, -0.2) is 18.2 Å². The third kappa shape index (κ3) is 3.45. The summed E-state index contributed by atoms with van der Waals surface area (Å²) < 4.78 is 10.9. The van der Waals surface area contributed by atoms with Crippen molar-refractivity contribution in [2.45, 2.75) is 13.5 Å². The first-order valence-electron chi connectivity index (χ1n) is 6.40. The van der Waals surface area contributed by atoms with Gasteiger partial charge in [-0.1, -0.05) is 11.6 Å². The molecule has 0 saturated carbocycles. The highest BCUT2D eigenvalue weighted by Crippen LogP contribution is 2.24. The Bertz CT molecular complexity index is 667. The van der Waals surface area contributed by atoms with Gasteiger partial charge in [-0.05, 0) is 37.3 Å². The Kier molecular flexibility index (Phi) is 4.33. The Morgan fingerprint density at radius 1 is 1.24 bits per heavy atom. The number of anilines is 1. The number of rotatable bonds is 5. The number of aryl methyl sites for hydroxylation is 1. The van der Waals surface area contributed by atoms with Crippen LogP contribution in [0.3, 0.4) is 0 Å². The van der Waals surface area contributed by atoms with E-state index in [1.165, 1.54) is 12.1 Å². The fourth-order valence-corrected chi connectivity index (χ4v) is 1.99. The number of carbonyl (C=O) groups is 1. The van der Waals surface area contributed by atoms with Gasteiger partial charge < -0.3 is 20.3 Å². The molecule has 0 amide bonds. The van der Waals surface area contributed by atoms with Crippen molar-refractivity contribution in [1.82, 2.24) is 0 Å². The molecule has 0 spiro atoms. The minimum Gasteiger partial charge on any atom is -0.496 e. The number of nitrogens with two attached hydrogens (primary N) is 1. The van der Waals surface area contributed by atoms with E-state index >= 15 is 0 Å². The number of ether oxygens (including phenoxy) is 2. The molecule has 5 nitrogen and oxygen atoms in total. The summed E-state index contributed by atoms with van der Waals surface area (Å²) in [5.41, 5.74) is 7.84. The van der Waals surface area contributed by atoms with E-state index in [-0.39, 0.29) is 17.9 Å². The Labute approximate surface area is 122 Å². The molecule has 2 aromatic rings. The lowest BCUT2D eigenvalue weighted by Crippen LogP contribution is -2.04. The molecule has 0 saturated heterocycles. The van der Waals surface area contributed by atoms with E-state index in [4.69, 9.17) is 20.3 Å². The van der Waals surface area contributed by atoms with Crippen molar-refractivity contribution >= 4 is 11.7 Å². The summed E-state index contributed by atoms with van der Waals surface area (Å²) in [5, 5.41) is 9.04. The van der Waals surface area contributed by atoms with Crippen molar-refractivity contribution in [3.05, 3.63) is 53.1 Å². The normalized spacial score (nSPS) is 10.2. The van der Waals surface area contributed by atoms with Crippen molar-refractivity contribution in [1.29, 1.82) is 0 Å². The summed E-state index contributed by atoms with van der Waals surface area (Å²) in [5.74, 6) is 0.103. The highest BCUT2D eigenvalue weighted by molar-refractivity contribution is 5.94. The number of aromatic carboxylic acids is 1. The highest BCUT2D eigenvalue weighted by atomic mass is 16.5. The van der Waals surface area contributed by atoms with E-state index in [0.717, 1.165) is 16.9 Å². The molecule has 0 radical (unpaired) electrons. The fourth-order valence-electron chi connectivity index (χ4n) is 1.99. The molecule has 0 atom stereocenters. The van der Waals surface area contributed by atoms with E-state index in [1.807, 2.05) is 25.1 Å². The lowest BCUT2D eigenvalue weighted by molar-refractivity contribution is 0.0697. The Balaban J connectivity index is 2.19. The summed E-state index contributed by atoms with van der Waals surface area (Å²) in [4.78, 5) is 11.0. The lowest BCUT2D eigenvalue weighted by atomic mass is 10.1. The van der Waals surface area contributed by atoms with Gasteiger partial charge in [0.1, 0.15) is 18.1 Å². The van der Waals surface area contributed by atoms with Crippen LogP contribution in [0.4, 0.5) is 5.69 Å². The molecule has 5 heteroatoms. The van der Waals surface area contributed by atoms with E-state index in [2.05, 4.69) is 0 Å². The zero-order valence-corrected chi connectivity index (χ0v) is 11.9. The van der Waals surface area contributed by atoms with Gasteiger partial charge in [-0.15, -0.1) is 0 Å². The minimum atomic E-state index is -1.08. The maximum Gasteiger partial charge on any atom is 0.337 e. The van der Waals surface area contributed by atoms with Crippen LogP contribution in [0.25, 0.3) is 0 Å². The second-order valence-electron chi connectivity index (χ2n) is 4.66. The predicted molar refractivity (Wildman–Crippen MR) is 79.9 cm³/mol. The highest BCUT2D eigenvalue weighted by Gasteiger charge is 2.10. The van der Waals surface area contributed by atoms with Crippen LogP contribution in [0.1, 0.15) is 21.5 Å². The Hall–Kier alpha value is -2.69. The molecule has 0 aliphatic heterocycles. The van der Waals surface area contributed by atoms with Crippen molar-refractivity contribution in [2.75, 3.05) is 12.8 Å². The lowest BCUT2D eigenvalue weighted by Gasteiger charge is -2.12. The van der Waals surface area contributed by atoms with Crippen LogP contribution in [0, 0.1) is 6.92 Å². The zero-order valence-electron chi connectivity index (χ0n) is 11.9. The van der Waals surface area contributed by atoms with Crippen LogP contribution < -0.4 is 15.2 Å². The summed E-state index contributed by atoms with van der Waals surface area (Å²) in [6.45, 7) is 2.27. The second kappa shape index (κ2) is 6.17. The number of hydrogen-bond donors (Lipinski definition) is 2. The van der Waals surface area contributed by atoms with E-state index in [0.29, 0.717) is 5.75 Å². The monoisotopic (exact) mass is 287 g/mol. The van der Waals surface area contributed by atoms with Gasteiger partial charge >= 0.3 is 5.97 Å². The zero-order chi connectivity index (χ0) is 15.4.